The smallest absolute Gasteiger partial charge is 0.0233 e. The molecule has 30 heavy (non-hydrogen) atoms. The van der Waals surface area contributed by atoms with Crippen LogP contribution in [0.2, 0.25) is 0 Å². The lowest BCUT2D eigenvalue weighted by Gasteiger charge is -2.39. The molecular formula is C28H48N2. The van der Waals surface area contributed by atoms with E-state index in [9.17, 15) is 0 Å². The maximum absolute atomic E-state index is 5.61. The van der Waals surface area contributed by atoms with Crippen molar-refractivity contribution in [3.8, 4) is 0 Å². The van der Waals surface area contributed by atoms with Gasteiger partial charge >= 0.3 is 0 Å². The Kier molecular flexibility index (Phi) is 11.2. The highest BCUT2D eigenvalue weighted by atomic mass is 15.1. The SMILES string of the molecule is C=C(C)C1CC(Cc2ccc(CN(CCC)CCCCCCN)cc2)CC(C)C1C. The van der Waals surface area contributed by atoms with Gasteiger partial charge in [-0.3, -0.25) is 4.90 Å². The zero-order chi connectivity index (χ0) is 21.9. The summed E-state index contributed by atoms with van der Waals surface area (Å²) in [6.45, 7) is 18.0. The predicted molar refractivity (Wildman–Crippen MR) is 133 cm³/mol. The summed E-state index contributed by atoms with van der Waals surface area (Å²) in [6, 6.07) is 9.52. The van der Waals surface area contributed by atoms with E-state index in [-0.39, 0.29) is 0 Å². The molecule has 0 heterocycles. The summed E-state index contributed by atoms with van der Waals surface area (Å²) in [5.41, 5.74) is 9.96. The van der Waals surface area contributed by atoms with Crippen molar-refractivity contribution >= 4 is 0 Å². The second kappa shape index (κ2) is 13.3. The lowest BCUT2D eigenvalue weighted by atomic mass is 9.66. The molecule has 1 fully saturated rings. The molecule has 2 rings (SSSR count). The Morgan fingerprint density at radius 1 is 1.00 bits per heavy atom. The van der Waals surface area contributed by atoms with Crippen molar-refractivity contribution in [1.29, 1.82) is 0 Å². The van der Waals surface area contributed by atoms with Crippen LogP contribution < -0.4 is 5.73 Å². The molecule has 0 saturated heterocycles. The lowest BCUT2D eigenvalue weighted by molar-refractivity contribution is 0.152. The molecule has 2 nitrogen and oxygen atoms in total. The summed E-state index contributed by atoms with van der Waals surface area (Å²) in [6.07, 6.45) is 10.2. The van der Waals surface area contributed by atoms with Crippen molar-refractivity contribution in [3.05, 3.63) is 47.5 Å². The third kappa shape index (κ3) is 8.19. The number of allylic oxidation sites excluding steroid dienone is 1. The first-order valence-corrected chi connectivity index (χ1v) is 12.6. The molecule has 0 spiro atoms. The van der Waals surface area contributed by atoms with E-state index in [1.807, 2.05) is 0 Å². The van der Waals surface area contributed by atoms with Crippen LogP contribution in [0.5, 0.6) is 0 Å². The minimum Gasteiger partial charge on any atom is -0.330 e. The van der Waals surface area contributed by atoms with E-state index in [0.29, 0.717) is 5.92 Å². The van der Waals surface area contributed by atoms with E-state index in [1.165, 1.54) is 81.2 Å². The van der Waals surface area contributed by atoms with Gasteiger partial charge in [-0.25, -0.2) is 0 Å². The largest absolute Gasteiger partial charge is 0.330 e. The van der Waals surface area contributed by atoms with E-state index >= 15 is 0 Å². The predicted octanol–water partition coefficient (Wildman–Crippen LogP) is 6.83. The number of hydrogen-bond donors (Lipinski definition) is 1. The van der Waals surface area contributed by atoms with Crippen molar-refractivity contribution < 1.29 is 0 Å². The first-order valence-electron chi connectivity index (χ1n) is 12.6. The van der Waals surface area contributed by atoms with Crippen LogP contribution in [0, 0.1) is 23.7 Å². The fraction of sp³-hybridized carbons (Fsp3) is 0.714. The fourth-order valence-electron chi connectivity index (χ4n) is 5.42. The van der Waals surface area contributed by atoms with Gasteiger partial charge in [-0.05, 0) is 99.9 Å². The van der Waals surface area contributed by atoms with Gasteiger partial charge in [0.25, 0.3) is 0 Å². The maximum atomic E-state index is 5.61. The Balaban J connectivity index is 1.86. The quantitative estimate of drug-likeness (QED) is 0.284. The third-order valence-corrected chi connectivity index (χ3v) is 7.38. The molecule has 170 valence electrons. The zero-order valence-electron chi connectivity index (χ0n) is 20.3. The first-order chi connectivity index (χ1) is 14.4. The molecular weight excluding hydrogens is 364 g/mol. The van der Waals surface area contributed by atoms with Crippen LogP contribution in [0.1, 0.15) is 83.8 Å². The van der Waals surface area contributed by atoms with Crippen LogP contribution in [0.4, 0.5) is 0 Å². The fourth-order valence-corrected chi connectivity index (χ4v) is 5.42. The summed E-state index contributed by atoms with van der Waals surface area (Å²) in [4.78, 5) is 2.62. The summed E-state index contributed by atoms with van der Waals surface area (Å²) < 4.78 is 0. The van der Waals surface area contributed by atoms with Gasteiger partial charge in [-0.1, -0.05) is 70.0 Å². The Hall–Kier alpha value is -1.12. The van der Waals surface area contributed by atoms with Gasteiger partial charge < -0.3 is 5.73 Å². The molecule has 4 atom stereocenters. The minimum atomic E-state index is 0.700. The molecule has 0 radical (unpaired) electrons. The molecule has 1 aromatic rings. The van der Waals surface area contributed by atoms with Crippen molar-refractivity contribution in [3.63, 3.8) is 0 Å². The maximum Gasteiger partial charge on any atom is 0.0233 e. The van der Waals surface area contributed by atoms with Gasteiger partial charge in [-0.2, -0.15) is 0 Å². The molecule has 2 heteroatoms. The number of benzene rings is 1. The third-order valence-electron chi connectivity index (χ3n) is 7.38. The average molecular weight is 413 g/mol. The van der Waals surface area contributed by atoms with Gasteiger partial charge in [0.1, 0.15) is 0 Å². The lowest BCUT2D eigenvalue weighted by Crippen LogP contribution is -2.31. The molecule has 0 bridgehead atoms. The van der Waals surface area contributed by atoms with Gasteiger partial charge in [0.2, 0.25) is 0 Å². The van der Waals surface area contributed by atoms with Gasteiger partial charge in [0.05, 0.1) is 0 Å². The Morgan fingerprint density at radius 3 is 2.30 bits per heavy atom. The highest BCUT2D eigenvalue weighted by Crippen LogP contribution is 2.42. The van der Waals surface area contributed by atoms with Crippen LogP contribution in [-0.4, -0.2) is 24.5 Å². The van der Waals surface area contributed by atoms with Crippen LogP contribution in [0.25, 0.3) is 0 Å². The van der Waals surface area contributed by atoms with Crippen molar-refractivity contribution in [2.75, 3.05) is 19.6 Å². The van der Waals surface area contributed by atoms with E-state index in [1.54, 1.807) is 0 Å². The van der Waals surface area contributed by atoms with Crippen LogP contribution in [-0.2, 0) is 13.0 Å². The standard InChI is InChI=1S/C28H48N2/c1-6-16-30(17-10-8-7-9-15-29)21-26-13-11-25(12-14-26)19-27-18-23(4)24(5)28(20-27)22(2)3/h11-14,23-24,27-28H,2,6-10,15-21,29H2,1,3-5H3. The van der Waals surface area contributed by atoms with Gasteiger partial charge in [0, 0.05) is 6.54 Å². The van der Waals surface area contributed by atoms with Crippen molar-refractivity contribution in [2.45, 2.75) is 85.6 Å². The topological polar surface area (TPSA) is 29.3 Å². The average Bonchev–Trinajstić information content (AvgIpc) is 2.71. The highest BCUT2D eigenvalue weighted by molar-refractivity contribution is 5.23. The molecule has 0 aromatic heterocycles. The van der Waals surface area contributed by atoms with E-state index in [0.717, 1.165) is 30.8 Å². The summed E-state index contributed by atoms with van der Waals surface area (Å²) in [7, 11) is 0. The van der Waals surface area contributed by atoms with Crippen LogP contribution >= 0.6 is 0 Å². The second-order valence-corrected chi connectivity index (χ2v) is 10.1. The van der Waals surface area contributed by atoms with E-state index in [4.69, 9.17) is 5.73 Å². The summed E-state index contributed by atoms with van der Waals surface area (Å²) in [5.74, 6) is 3.08. The molecule has 1 saturated carbocycles. The van der Waals surface area contributed by atoms with Gasteiger partial charge in [-0.15, -0.1) is 0 Å². The normalized spacial score (nSPS) is 24.3. The number of hydrogen-bond acceptors (Lipinski definition) is 2. The summed E-state index contributed by atoms with van der Waals surface area (Å²) in [5, 5.41) is 0. The number of nitrogens with two attached hydrogens (primary N) is 1. The summed E-state index contributed by atoms with van der Waals surface area (Å²) >= 11 is 0. The molecule has 1 aliphatic carbocycles. The molecule has 0 amide bonds. The van der Waals surface area contributed by atoms with Gasteiger partial charge in [0.15, 0.2) is 0 Å². The number of unbranched alkanes of at least 4 members (excludes halogenated alkanes) is 3. The zero-order valence-corrected chi connectivity index (χ0v) is 20.3. The Bertz CT molecular complexity index is 606. The Morgan fingerprint density at radius 2 is 1.67 bits per heavy atom. The van der Waals surface area contributed by atoms with Crippen LogP contribution in [0.3, 0.4) is 0 Å². The monoisotopic (exact) mass is 412 g/mol. The molecule has 2 N–H and O–H groups in total. The van der Waals surface area contributed by atoms with E-state index in [2.05, 4.69) is 63.4 Å². The molecule has 4 unspecified atom stereocenters. The first kappa shape index (κ1) is 25.1. The molecule has 1 aromatic carbocycles. The Labute approximate surface area is 187 Å². The number of rotatable bonds is 13. The number of nitrogens with zero attached hydrogens (tertiary/aromatic N) is 1. The van der Waals surface area contributed by atoms with Crippen molar-refractivity contribution in [2.24, 2.45) is 29.4 Å². The van der Waals surface area contributed by atoms with Crippen LogP contribution in [0.15, 0.2) is 36.4 Å². The highest BCUT2D eigenvalue weighted by Gasteiger charge is 2.32. The van der Waals surface area contributed by atoms with E-state index < -0.39 is 0 Å². The minimum absolute atomic E-state index is 0.700. The van der Waals surface area contributed by atoms with Crippen molar-refractivity contribution in [1.82, 2.24) is 4.90 Å². The second-order valence-electron chi connectivity index (χ2n) is 10.1. The molecule has 0 aliphatic heterocycles. The molecule has 1 aliphatic rings.